The Hall–Kier alpha value is -1.40. The molecule has 0 spiro atoms. The summed E-state index contributed by atoms with van der Waals surface area (Å²) in [4.78, 5) is 25.7. The predicted molar refractivity (Wildman–Crippen MR) is 72.0 cm³/mol. The molecule has 1 aromatic rings. The van der Waals surface area contributed by atoms with E-state index in [9.17, 15) is 14.7 Å². The van der Waals surface area contributed by atoms with Crippen LogP contribution in [-0.4, -0.2) is 38.3 Å². The van der Waals surface area contributed by atoms with Crippen molar-refractivity contribution in [2.75, 3.05) is 13.2 Å². The zero-order valence-electron chi connectivity index (χ0n) is 11.7. The summed E-state index contributed by atoms with van der Waals surface area (Å²) in [5.74, 6) is 0.438. The van der Waals surface area contributed by atoms with E-state index in [0.29, 0.717) is 18.2 Å². The molecule has 2 unspecified atom stereocenters. The van der Waals surface area contributed by atoms with Crippen LogP contribution in [0.5, 0.6) is 0 Å². The molecule has 106 valence electrons. The van der Waals surface area contributed by atoms with Crippen LogP contribution in [-0.2, 0) is 20.6 Å². The van der Waals surface area contributed by atoms with E-state index in [1.165, 1.54) is 17.7 Å². The number of nitrogens with zero attached hydrogens (tertiary/aromatic N) is 3. The van der Waals surface area contributed by atoms with Gasteiger partial charge < -0.3 is 5.11 Å². The smallest absolute Gasteiger partial charge is 0.330 e. The first-order valence-corrected chi connectivity index (χ1v) is 6.56. The molecule has 0 bridgehead atoms. The number of likely N-dealkylation sites (tertiary alicyclic amines) is 1. The fraction of sp³-hybridized carbons (Fsp3) is 0.692. The summed E-state index contributed by atoms with van der Waals surface area (Å²) in [6.45, 7) is 3.64. The molecule has 0 aromatic carbocycles. The zero-order chi connectivity index (χ0) is 14.2. The van der Waals surface area contributed by atoms with Crippen molar-refractivity contribution >= 4 is 0 Å². The van der Waals surface area contributed by atoms with E-state index >= 15 is 0 Å². The van der Waals surface area contributed by atoms with Crippen LogP contribution in [0.25, 0.3) is 0 Å². The molecular weight excluding hydrogens is 246 g/mol. The van der Waals surface area contributed by atoms with Crippen molar-refractivity contribution in [3.05, 3.63) is 32.6 Å². The van der Waals surface area contributed by atoms with Gasteiger partial charge in [-0.3, -0.25) is 18.8 Å². The molecule has 19 heavy (non-hydrogen) atoms. The Bertz CT molecular complexity index is 575. The van der Waals surface area contributed by atoms with Crippen molar-refractivity contribution in [3.8, 4) is 0 Å². The molecule has 1 aromatic heterocycles. The molecule has 1 saturated heterocycles. The highest BCUT2D eigenvalue weighted by Crippen LogP contribution is 2.24. The van der Waals surface area contributed by atoms with Crippen LogP contribution in [0.4, 0.5) is 0 Å². The molecule has 0 aliphatic carbocycles. The van der Waals surface area contributed by atoms with E-state index in [-0.39, 0.29) is 23.9 Å². The van der Waals surface area contributed by atoms with Gasteiger partial charge in [0.2, 0.25) is 0 Å². The Kier molecular flexibility index (Phi) is 3.91. The standard InChI is InChI=1S/C13H21N3O3/c1-9-4-5-16(11(9)8-17)7-10-6-12(18)15(3)13(19)14(10)2/h6,9,11,17H,4-5,7-8H2,1-3H3. The van der Waals surface area contributed by atoms with Crippen molar-refractivity contribution in [1.82, 2.24) is 14.0 Å². The predicted octanol–water partition coefficient (Wildman–Crippen LogP) is -0.713. The molecule has 6 heteroatoms. The number of rotatable bonds is 3. The van der Waals surface area contributed by atoms with Gasteiger partial charge in [-0.1, -0.05) is 6.92 Å². The molecular formula is C13H21N3O3. The van der Waals surface area contributed by atoms with E-state index in [1.54, 1.807) is 7.05 Å². The van der Waals surface area contributed by atoms with Gasteiger partial charge in [-0.2, -0.15) is 0 Å². The fourth-order valence-electron chi connectivity index (χ4n) is 2.72. The maximum absolute atomic E-state index is 11.9. The third-order valence-electron chi connectivity index (χ3n) is 4.18. The van der Waals surface area contributed by atoms with Crippen molar-refractivity contribution in [2.24, 2.45) is 20.0 Å². The second kappa shape index (κ2) is 5.30. The summed E-state index contributed by atoms with van der Waals surface area (Å²) < 4.78 is 2.60. The van der Waals surface area contributed by atoms with Crippen LogP contribution in [0.1, 0.15) is 19.0 Å². The second-order valence-corrected chi connectivity index (χ2v) is 5.36. The third kappa shape index (κ3) is 2.50. The zero-order valence-corrected chi connectivity index (χ0v) is 11.7. The Morgan fingerprint density at radius 3 is 2.63 bits per heavy atom. The highest BCUT2D eigenvalue weighted by atomic mass is 16.3. The molecule has 0 radical (unpaired) electrons. The molecule has 1 aliphatic heterocycles. The van der Waals surface area contributed by atoms with Crippen molar-refractivity contribution < 1.29 is 5.11 Å². The van der Waals surface area contributed by atoms with Gasteiger partial charge in [0.1, 0.15) is 0 Å². The van der Waals surface area contributed by atoms with Crippen LogP contribution in [0.2, 0.25) is 0 Å². The number of hydrogen-bond acceptors (Lipinski definition) is 4. The molecule has 2 rings (SSSR count). The summed E-state index contributed by atoms with van der Waals surface area (Å²) in [5.41, 5.74) is 0.0989. The lowest BCUT2D eigenvalue weighted by atomic mass is 10.0. The van der Waals surface area contributed by atoms with Gasteiger partial charge >= 0.3 is 5.69 Å². The second-order valence-electron chi connectivity index (χ2n) is 5.36. The molecule has 1 aliphatic rings. The first-order chi connectivity index (χ1) is 8.95. The highest BCUT2D eigenvalue weighted by molar-refractivity contribution is 5.03. The summed E-state index contributed by atoms with van der Waals surface area (Å²) in [6.07, 6.45) is 1.03. The minimum atomic E-state index is -0.310. The molecule has 1 N–H and O–H groups in total. The van der Waals surface area contributed by atoms with Gasteiger partial charge in [0.25, 0.3) is 5.56 Å². The highest BCUT2D eigenvalue weighted by Gasteiger charge is 2.30. The molecule has 2 atom stereocenters. The van der Waals surface area contributed by atoms with Crippen LogP contribution >= 0.6 is 0 Å². The number of aromatic nitrogens is 2. The minimum absolute atomic E-state index is 0.110. The van der Waals surface area contributed by atoms with Gasteiger partial charge in [0, 0.05) is 38.4 Å². The van der Waals surface area contributed by atoms with Gasteiger partial charge in [0.05, 0.1) is 6.61 Å². The lowest BCUT2D eigenvalue weighted by Crippen LogP contribution is -2.41. The SMILES string of the molecule is CC1CCN(Cc2cc(=O)n(C)c(=O)n2C)C1CO. The average Bonchev–Trinajstić information content (AvgIpc) is 2.73. The Balaban J connectivity index is 2.30. The van der Waals surface area contributed by atoms with E-state index in [1.807, 2.05) is 0 Å². The first kappa shape index (κ1) is 14.0. The number of aliphatic hydroxyl groups is 1. The molecule has 0 saturated carbocycles. The Morgan fingerprint density at radius 2 is 2.00 bits per heavy atom. The molecule has 2 heterocycles. The summed E-state index contributed by atoms with van der Waals surface area (Å²) in [5, 5.41) is 9.43. The fourth-order valence-corrected chi connectivity index (χ4v) is 2.72. The molecule has 0 amide bonds. The lowest BCUT2D eigenvalue weighted by Gasteiger charge is -2.25. The van der Waals surface area contributed by atoms with Crippen LogP contribution < -0.4 is 11.2 Å². The van der Waals surface area contributed by atoms with E-state index in [4.69, 9.17) is 0 Å². The normalized spacial score (nSPS) is 24.0. The van der Waals surface area contributed by atoms with Gasteiger partial charge in [-0.15, -0.1) is 0 Å². The summed E-state index contributed by atoms with van der Waals surface area (Å²) in [7, 11) is 3.15. The summed E-state index contributed by atoms with van der Waals surface area (Å²) >= 11 is 0. The largest absolute Gasteiger partial charge is 0.395 e. The Morgan fingerprint density at radius 1 is 1.32 bits per heavy atom. The van der Waals surface area contributed by atoms with E-state index < -0.39 is 0 Å². The van der Waals surface area contributed by atoms with Crippen molar-refractivity contribution in [1.29, 1.82) is 0 Å². The molecule has 1 fully saturated rings. The molecule has 6 nitrogen and oxygen atoms in total. The maximum Gasteiger partial charge on any atom is 0.330 e. The number of aliphatic hydroxyl groups excluding tert-OH is 1. The van der Waals surface area contributed by atoms with Crippen LogP contribution in [0.3, 0.4) is 0 Å². The van der Waals surface area contributed by atoms with Crippen molar-refractivity contribution in [2.45, 2.75) is 25.9 Å². The average molecular weight is 267 g/mol. The number of hydrogen-bond donors (Lipinski definition) is 1. The quantitative estimate of drug-likeness (QED) is 0.785. The lowest BCUT2D eigenvalue weighted by molar-refractivity contribution is 0.132. The van der Waals surface area contributed by atoms with Gasteiger partial charge in [0.15, 0.2) is 0 Å². The van der Waals surface area contributed by atoms with E-state index in [2.05, 4.69) is 11.8 Å². The summed E-state index contributed by atoms with van der Waals surface area (Å²) in [6, 6.07) is 1.61. The van der Waals surface area contributed by atoms with Crippen LogP contribution in [0.15, 0.2) is 15.7 Å². The first-order valence-electron chi connectivity index (χ1n) is 6.56. The topological polar surface area (TPSA) is 67.5 Å². The van der Waals surface area contributed by atoms with Gasteiger partial charge in [-0.25, -0.2) is 4.79 Å². The maximum atomic E-state index is 11.9. The van der Waals surface area contributed by atoms with Gasteiger partial charge in [-0.05, 0) is 18.9 Å². The van der Waals surface area contributed by atoms with E-state index in [0.717, 1.165) is 17.5 Å². The van der Waals surface area contributed by atoms with Crippen LogP contribution in [0, 0.1) is 5.92 Å². The Labute approximate surface area is 111 Å². The van der Waals surface area contributed by atoms with Crippen molar-refractivity contribution in [3.63, 3.8) is 0 Å². The minimum Gasteiger partial charge on any atom is -0.395 e. The third-order valence-corrected chi connectivity index (χ3v) is 4.18. The monoisotopic (exact) mass is 267 g/mol.